The second-order valence-corrected chi connectivity index (χ2v) is 8.94. The molecule has 7 heteroatoms. The number of rotatable bonds is 9. The summed E-state index contributed by atoms with van der Waals surface area (Å²) < 4.78 is 0.846. The molecule has 0 spiro atoms. The maximum Gasteiger partial charge on any atom is 0.255 e. The van der Waals surface area contributed by atoms with Crippen LogP contribution in [0.15, 0.2) is 46.9 Å². The summed E-state index contributed by atoms with van der Waals surface area (Å²) in [6, 6.07) is 12.9. The Morgan fingerprint density at radius 2 is 1.75 bits per heavy atom. The lowest BCUT2D eigenvalue weighted by atomic mass is 10.1. The zero-order valence-corrected chi connectivity index (χ0v) is 20.6. The highest BCUT2D eigenvalue weighted by atomic mass is 79.9. The first kappa shape index (κ1) is 24.3. The molecule has 0 aliphatic carbocycles. The van der Waals surface area contributed by atoms with Gasteiger partial charge in [-0.25, -0.2) is 0 Å². The lowest BCUT2D eigenvalue weighted by Gasteiger charge is -2.30. The molecule has 0 unspecified atom stereocenters. The summed E-state index contributed by atoms with van der Waals surface area (Å²) >= 11 is 3.40. The fraction of sp³-hybridized carbons (Fsp3) is 0.440. The van der Waals surface area contributed by atoms with Crippen molar-refractivity contribution < 1.29 is 9.59 Å². The van der Waals surface area contributed by atoms with E-state index in [9.17, 15) is 9.59 Å². The van der Waals surface area contributed by atoms with Crippen LogP contribution in [0.1, 0.15) is 53.8 Å². The highest BCUT2D eigenvalue weighted by Crippen LogP contribution is 2.27. The average Bonchev–Trinajstić information content (AvgIpc) is 2.82. The topological polar surface area (TPSA) is 64.7 Å². The van der Waals surface area contributed by atoms with Crippen molar-refractivity contribution in [2.75, 3.05) is 49.5 Å². The second kappa shape index (κ2) is 12.0. The molecule has 2 N–H and O–H groups in total. The Morgan fingerprint density at radius 3 is 2.44 bits per heavy atom. The van der Waals surface area contributed by atoms with Gasteiger partial charge in [0.1, 0.15) is 0 Å². The minimum absolute atomic E-state index is 0.101. The molecule has 172 valence electrons. The Balaban J connectivity index is 1.79. The van der Waals surface area contributed by atoms with Gasteiger partial charge in [-0.3, -0.25) is 9.59 Å². The number of hydrogen-bond donors (Lipinski definition) is 2. The van der Waals surface area contributed by atoms with Crippen LogP contribution in [-0.2, 0) is 0 Å². The van der Waals surface area contributed by atoms with Gasteiger partial charge in [0, 0.05) is 47.6 Å². The van der Waals surface area contributed by atoms with Crippen LogP contribution in [-0.4, -0.2) is 56.0 Å². The van der Waals surface area contributed by atoms with E-state index >= 15 is 0 Å². The molecule has 32 heavy (non-hydrogen) atoms. The summed E-state index contributed by atoms with van der Waals surface area (Å²) in [7, 11) is 0. The van der Waals surface area contributed by atoms with Crippen LogP contribution in [0, 0.1) is 0 Å². The number of likely N-dealkylation sites (N-methyl/N-ethyl adjacent to an activating group) is 1. The van der Waals surface area contributed by atoms with Crippen molar-refractivity contribution in [3.05, 3.63) is 58.1 Å². The fourth-order valence-electron chi connectivity index (χ4n) is 4.00. The molecule has 2 aromatic rings. The molecule has 0 atom stereocenters. The van der Waals surface area contributed by atoms with E-state index in [1.165, 1.54) is 6.42 Å². The number of nitrogens with one attached hydrogen (secondary N) is 2. The first-order valence-corrected chi connectivity index (χ1v) is 12.3. The van der Waals surface area contributed by atoms with Gasteiger partial charge in [0.2, 0.25) is 0 Å². The minimum atomic E-state index is -0.204. The molecular weight excluding hydrogens is 468 g/mol. The second-order valence-electron chi connectivity index (χ2n) is 8.03. The van der Waals surface area contributed by atoms with E-state index in [0.717, 1.165) is 55.7 Å². The standard InChI is InChI=1S/C25H33BrN4O2/c1-3-29(4-2)16-13-27-25(32)22-18-21(11-12-23(22)30-14-6-5-7-15-30)28-24(31)19-9-8-10-20(26)17-19/h8-12,17-18H,3-7,13-16H2,1-2H3,(H,27,32)(H,28,31). The van der Waals surface area contributed by atoms with E-state index in [4.69, 9.17) is 0 Å². The number of carbonyl (C=O) groups is 2. The van der Waals surface area contributed by atoms with Crippen molar-refractivity contribution in [1.29, 1.82) is 0 Å². The first-order valence-electron chi connectivity index (χ1n) is 11.5. The van der Waals surface area contributed by atoms with Crippen molar-refractivity contribution in [3.8, 4) is 0 Å². The van der Waals surface area contributed by atoms with Gasteiger partial charge in [-0.1, -0.05) is 35.8 Å². The Bertz CT molecular complexity index is 924. The molecule has 1 aliphatic rings. The van der Waals surface area contributed by atoms with E-state index in [1.807, 2.05) is 24.3 Å². The van der Waals surface area contributed by atoms with Crippen LogP contribution < -0.4 is 15.5 Å². The Morgan fingerprint density at radius 1 is 1.00 bits per heavy atom. The van der Waals surface area contributed by atoms with Gasteiger partial charge in [-0.15, -0.1) is 0 Å². The van der Waals surface area contributed by atoms with Crippen molar-refractivity contribution in [2.45, 2.75) is 33.1 Å². The highest BCUT2D eigenvalue weighted by molar-refractivity contribution is 9.10. The summed E-state index contributed by atoms with van der Waals surface area (Å²) in [4.78, 5) is 30.4. The number of benzene rings is 2. The largest absolute Gasteiger partial charge is 0.371 e. The third-order valence-corrected chi connectivity index (χ3v) is 6.38. The average molecular weight is 501 g/mol. The lowest BCUT2D eigenvalue weighted by Crippen LogP contribution is -2.36. The van der Waals surface area contributed by atoms with Gasteiger partial charge in [-0.2, -0.15) is 0 Å². The molecule has 0 radical (unpaired) electrons. The van der Waals surface area contributed by atoms with Gasteiger partial charge in [-0.05, 0) is 68.8 Å². The summed E-state index contributed by atoms with van der Waals surface area (Å²) in [6.07, 6.45) is 3.48. The molecule has 2 aromatic carbocycles. The number of halogens is 1. The van der Waals surface area contributed by atoms with Crippen molar-refractivity contribution in [3.63, 3.8) is 0 Å². The Labute approximate surface area is 199 Å². The minimum Gasteiger partial charge on any atom is -0.371 e. The zero-order chi connectivity index (χ0) is 22.9. The molecule has 0 bridgehead atoms. The lowest BCUT2D eigenvalue weighted by molar-refractivity contribution is 0.0948. The number of piperidine rings is 1. The summed E-state index contributed by atoms with van der Waals surface area (Å²) in [5.41, 5.74) is 2.72. The Hall–Kier alpha value is -2.38. The maximum atomic E-state index is 13.1. The van der Waals surface area contributed by atoms with E-state index in [2.05, 4.69) is 50.2 Å². The fourth-order valence-corrected chi connectivity index (χ4v) is 4.40. The molecular formula is C25H33BrN4O2. The number of carbonyl (C=O) groups excluding carboxylic acids is 2. The van der Waals surface area contributed by atoms with Gasteiger partial charge >= 0.3 is 0 Å². The predicted octanol–water partition coefficient (Wildman–Crippen LogP) is 4.76. The van der Waals surface area contributed by atoms with Crippen LogP contribution in [0.25, 0.3) is 0 Å². The van der Waals surface area contributed by atoms with Crippen molar-refractivity contribution in [2.24, 2.45) is 0 Å². The van der Waals surface area contributed by atoms with E-state index in [0.29, 0.717) is 23.4 Å². The van der Waals surface area contributed by atoms with Crippen LogP contribution in [0.5, 0.6) is 0 Å². The number of hydrogen-bond acceptors (Lipinski definition) is 4. The molecule has 2 amide bonds. The van der Waals surface area contributed by atoms with Crippen molar-refractivity contribution in [1.82, 2.24) is 10.2 Å². The van der Waals surface area contributed by atoms with Crippen LogP contribution in [0.2, 0.25) is 0 Å². The quantitative estimate of drug-likeness (QED) is 0.520. The summed E-state index contributed by atoms with van der Waals surface area (Å²) in [6.45, 7) is 9.47. The SMILES string of the molecule is CCN(CC)CCNC(=O)c1cc(NC(=O)c2cccc(Br)c2)ccc1N1CCCCC1. The molecule has 0 aromatic heterocycles. The van der Waals surface area contributed by atoms with Crippen LogP contribution >= 0.6 is 15.9 Å². The smallest absolute Gasteiger partial charge is 0.255 e. The molecule has 6 nitrogen and oxygen atoms in total. The molecule has 0 saturated carbocycles. The third-order valence-electron chi connectivity index (χ3n) is 5.89. The normalized spacial score (nSPS) is 13.8. The third kappa shape index (κ3) is 6.56. The molecule has 1 heterocycles. The first-order chi connectivity index (χ1) is 15.5. The van der Waals surface area contributed by atoms with E-state index in [-0.39, 0.29) is 11.8 Å². The maximum absolute atomic E-state index is 13.1. The number of amides is 2. The number of nitrogens with zero attached hydrogens (tertiary/aromatic N) is 2. The van der Waals surface area contributed by atoms with Crippen LogP contribution in [0.3, 0.4) is 0 Å². The van der Waals surface area contributed by atoms with Gasteiger partial charge in [0.15, 0.2) is 0 Å². The van der Waals surface area contributed by atoms with Gasteiger partial charge in [0.25, 0.3) is 11.8 Å². The Kier molecular flexibility index (Phi) is 9.11. The van der Waals surface area contributed by atoms with E-state index < -0.39 is 0 Å². The molecule has 1 fully saturated rings. The van der Waals surface area contributed by atoms with Gasteiger partial charge < -0.3 is 20.4 Å². The molecule has 1 aliphatic heterocycles. The van der Waals surface area contributed by atoms with Crippen molar-refractivity contribution >= 4 is 39.1 Å². The predicted molar refractivity (Wildman–Crippen MR) is 135 cm³/mol. The van der Waals surface area contributed by atoms with Crippen LogP contribution in [0.4, 0.5) is 11.4 Å². The zero-order valence-electron chi connectivity index (χ0n) is 19.0. The summed E-state index contributed by atoms with van der Waals surface area (Å²) in [5, 5.41) is 6.01. The molecule has 1 saturated heterocycles. The molecule has 3 rings (SSSR count). The number of anilines is 2. The van der Waals surface area contributed by atoms with E-state index in [1.54, 1.807) is 18.2 Å². The highest BCUT2D eigenvalue weighted by Gasteiger charge is 2.20. The van der Waals surface area contributed by atoms with Gasteiger partial charge in [0.05, 0.1) is 5.56 Å². The summed E-state index contributed by atoms with van der Waals surface area (Å²) in [5.74, 6) is -0.304. The monoisotopic (exact) mass is 500 g/mol.